The summed E-state index contributed by atoms with van der Waals surface area (Å²) in [5.41, 5.74) is -3.10. The van der Waals surface area contributed by atoms with Crippen LogP contribution in [0.25, 0.3) is 0 Å². The fourth-order valence-electron chi connectivity index (χ4n) is 1.48. The van der Waals surface area contributed by atoms with E-state index in [2.05, 4.69) is 17.0 Å². The first-order valence-corrected chi connectivity index (χ1v) is 5.35. The third kappa shape index (κ3) is 3.33. The van der Waals surface area contributed by atoms with Gasteiger partial charge >= 0.3 is 11.9 Å². The van der Waals surface area contributed by atoms with Crippen molar-refractivity contribution >= 4 is 11.6 Å². The highest BCUT2D eigenvalue weighted by Gasteiger charge is 2.44. The number of nitro groups is 1. The van der Waals surface area contributed by atoms with Gasteiger partial charge in [-0.3, -0.25) is 19.6 Å². The molecule has 0 radical (unpaired) electrons. The predicted octanol–water partition coefficient (Wildman–Crippen LogP) is 1.42. The van der Waals surface area contributed by atoms with Gasteiger partial charge in [-0.1, -0.05) is 6.08 Å². The van der Waals surface area contributed by atoms with E-state index in [-0.39, 0.29) is 12.2 Å². The first kappa shape index (κ1) is 15.7. The van der Waals surface area contributed by atoms with Crippen LogP contribution in [-0.2, 0) is 17.5 Å². The van der Waals surface area contributed by atoms with E-state index in [1.807, 2.05) is 0 Å². The van der Waals surface area contributed by atoms with Gasteiger partial charge < -0.3 is 5.32 Å². The predicted molar refractivity (Wildman–Crippen MR) is 61.8 cm³/mol. The van der Waals surface area contributed by atoms with E-state index in [0.717, 1.165) is 6.92 Å². The van der Waals surface area contributed by atoms with Crippen molar-refractivity contribution in [2.75, 3.05) is 6.54 Å². The molecule has 1 N–H and O–H groups in total. The molecule has 0 unspecified atom stereocenters. The normalized spacial score (nSPS) is 11.2. The van der Waals surface area contributed by atoms with Gasteiger partial charge in [-0.25, -0.2) is 0 Å². The highest BCUT2D eigenvalue weighted by molar-refractivity contribution is 5.76. The third-order valence-electron chi connectivity index (χ3n) is 2.36. The summed E-state index contributed by atoms with van der Waals surface area (Å²) < 4.78 is 38.6. The highest BCUT2D eigenvalue weighted by Crippen LogP contribution is 2.36. The molecule has 20 heavy (non-hydrogen) atoms. The van der Waals surface area contributed by atoms with Crippen molar-refractivity contribution in [3.63, 3.8) is 0 Å². The molecule has 110 valence electrons. The van der Waals surface area contributed by atoms with Crippen molar-refractivity contribution in [2.24, 2.45) is 0 Å². The van der Waals surface area contributed by atoms with Crippen molar-refractivity contribution < 1.29 is 22.9 Å². The Morgan fingerprint density at radius 3 is 2.60 bits per heavy atom. The first-order chi connectivity index (χ1) is 9.18. The van der Waals surface area contributed by atoms with Crippen molar-refractivity contribution in [3.05, 3.63) is 34.2 Å². The van der Waals surface area contributed by atoms with E-state index in [9.17, 15) is 28.1 Å². The van der Waals surface area contributed by atoms with Gasteiger partial charge in [0.1, 0.15) is 12.2 Å². The Morgan fingerprint density at radius 1 is 1.60 bits per heavy atom. The second kappa shape index (κ2) is 5.72. The van der Waals surface area contributed by atoms with Crippen LogP contribution in [0.2, 0.25) is 0 Å². The lowest BCUT2D eigenvalue weighted by Crippen LogP contribution is -2.28. The number of alkyl halides is 3. The summed E-state index contributed by atoms with van der Waals surface area (Å²) in [5.74, 6) is -0.626. The summed E-state index contributed by atoms with van der Waals surface area (Å²) in [4.78, 5) is 20.9. The number of amides is 1. The fourth-order valence-corrected chi connectivity index (χ4v) is 1.48. The van der Waals surface area contributed by atoms with Gasteiger partial charge in [0.2, 0.25) is 11.6 Å². The van der Waals surface area contributed by atoms with Crippen molar-refractivity contribution in [3.8, 4) is 0 Å². The molecule has 1 amide bonds. The van der Waals surface area contributed by atoms with Crippen LogP contribution < -0.4 is 5.32 Å². The zero-order chi connectivity index (χ0) is 15.5. The maximum absolute atomic E-state index is 12.6. The number of carbonyl (C=O) groups is 1. The van der Waals surface area contributed by atoms with Crippen LogP contribution in [0.5, 0.6) is 0 Å². The minimum absolute atomic E-state index is 0.132. The minimum Gasteiger partial charge on any atom is -0.351 e. The van der Waals surface area contributed by atoms with Gasteiger partial charge in [-0.15, -0.1) is 6.58 Å². The summed E-state index contributed by atoms with van der Waals surface area (Å²) in [6.07, 6.45) is -3.58. The number of hydrogen-bond donors (Lipinski definition) is 1. The molecule has 1 heterocycles. The Bertz CT molecular complexity index is 551. The number of hydrogen-bond acceptors (Lipinski definition) is 4. The molecule has 0 saturated heterocycles. The van der Waals surface area contributed by atoms with E-state index in [1.165, 1.54) is 6.08 Å². The van der Waals surface area contributed by atoms with E-state index >= 15 is 0 Å². The molecular weight excluding hydrogens is 281 g/mol. The van der Waals surface area contributed by atoms with Crippen molar-refractivity contribution in [1.29, 1.82) is 0 Å². The number of rotatable bonds is 5. The van der Waals surface area contributed by atoms with E-state index in [0.29, 0.717) is 4.68 Å². The topological polar surface area (TPSA) is 90.1 Å². The maximum atomic E-state index is 12.6. The molecule has 0 spiro atoms. The van der Waals surface area contributed by atoms with Gasteiger partial charge in [-0.2, -0.15) is 18.3 Å². The average Bonchev–Trinajstić information content (AvgIpc) is 2.64. The molecular formula is C10H11F3N4O3. The minimum atomic E-state index is -4.96. The molecule has 10 heteroatoms. The van der Waals surface area contributed by atoms with Crippen LogP contribution in [0, 0.1) is 17.0 Å². The second-order valence-corrected chi connectivity index (χ2v) is 3.79. The molecule has 1 rings (SSSR count). The Kier molecular flexibility index (Phi) is 4.48. The molecule has 1 aromatic heterocycles. The molecule has 7 nitrogen and oxygen atoms in total. The lowest BCUT2D eigenvalue weighted by molar-refractivity contribution is -0.388. The van der Waals surface area contributed by atoms with Crippen LogP contribution in [0.4, 0.5) is 18.9 Å². The lowest BCUT2D eigenvalue weighted by Gasteiger charge is -2.03. The van der Waals surface area contributed by atoms with Crippen LogP contribution in [0.15, 0.2) is 12.7 Å². The number of halogens is 3. The Hall–Kier alpha value is -2.39. The molecule has 1 aromatic rings. The standard InChI is InChI=1S/C10H11F3N4O3/c1-3-4-14-7(18)5-16-6(2)8(17(19)20)9(15-16)10(11,12)13/h3H,1,4-5H2,2H3,(H,14,18). The second-order valence-electron chi connectivity index (χ2n) is 3.79. The Balaban J connectivity index is 3.14. The quantitative estimate of drug-likeness (QED) is 0.505. The van der Waals surface area contributed by atoms with Crippen LogP contribution in [-0.4, -0.2) is 27.2 Å². The maximum Gasteiger partial charge on any atom is 0.442 e. The van der Waals surface area contributed by atoms with Gasteiger partial charge in [0, 0.05) is 6.54 Å². The first-order valence-electron chi connectivity index (χ1n) is 5.35. The molecule has 0 aliphatic heterocycles. The summed E-state index contributed by atoms with van der Waals surface area (Å²) in [7, 11) is 0. The zero-order valence-electron chi connectivity index (χ0n) is 10.4. The van der Waals surface area contributed by atoms with Gasteiger partial charge in [0.25, 0.3) is 0 Å². The SMILES string of the molecule is C=CCNC(=O)Cn1nc(C(F)(F)F)c([N+](=O)[O-])c1C. The van der Waals surface area contributed by atoms with Gasteiger partial charge in [0.15, 0.2) is 0 Å². The Morgan fingerprint density at radius 2 is 2.20 bits per heavy atom. The highest BCUT2D eigenvalue weighted by atomic mass is 19.4. The molecule has 0 aliphatic carbocycles. The Labute approximate surface area is 111 Å². The zero-order valence-corrected chi connectivity index (χ0v) is 10.4. The van der Waals surface area contributed by atoms with Crippen LogP contribution in [0.1, 0.15) is 11.4 Å². The van der Waals surface area contributed by atoms with E-state index in [1.54, 1.807) is 0 Å². The summed E-state index contributed by atoms with van der Waals surface area (Å²) in [6.45, 7) is 4.04. The summed E-state index contributed by atoms with van der Waals surface area (Å²) >= 11 is 0. The third-order valence-corrected chi connectivity index (χ3v) is 2.36. The number of nitrogens with one attached hydrogen (secondary N) is 1. The molecule has 0 saturated carbocycles. The molecule has 0 bridgehead atoms. The fraction of sp³-hybridized carbons (Fsp3) is 0.400. The van der Waals surface area contributed by atoms with Gasteiger partial charge in [0.05, 0.1) is 4.92 Å². The molecule has 0 aromatic carbocycles. The van der Waals surface area contributed by atoms with E-state index in [4.69, 9.17) is 0 Å². The molecule has 0 fully saturated rings. The van der Waals surface area contributed by atoms with E-state index < -0.39 is 34.9 Å². The summed E-state index contributed by atoms with van der Waals surface area (Å²) in [6, 6.07) is 0. The van der Waals surface area contributed by atoms with Crippen molar-refractivity contribution in [2.45, 2.75) is 19.6 Å². The van der Waals surface area contributed by atoms with Crippen LogP contribution >= 0.6 is 0 Å². The molecule has 0 atom stereocenters. The van der Waals surface area contributed by atoms with Crippen LogP contribution in [0.3, 0.4) is 0 Å². The number of aromatic nitrogens is 2. The molecule has 0 aliphatic rings. The lowest BCUT2D eigenvalue weighted by atomic mass is 10.3. The summed E-state index contributed by atoms with van der Waals surface area (Å²) in [5, 5.41) is 16.1. The van der Waals surface area contributed by atoms with Gasteiger partial charge in [-0.05, 0) is 6.92 Å². The van der Waals surface area contributed by atoms with Crippen molar-refractivity contribution in [1.82, 2.24) is 15.1 Å². The smallest absolute Gasteiger partial charge is 0.351 e. The monoisotopic (exact) mass is 292 g/mol. The average molecular weight is 292 g/mol. The number of carbonyl (C=O) groups excluding carboxylic acids is 1. The largest absolute Gasteiger partial charge is 0.442 e. The number of nitrogens with zero attached hydrogens (tertiary/aromatic N) is 3.